The van der Waals surface area contributed by atoms with E-state index >= 15 is 0 Å². The lowest BCUT2D eigenvalue weighted by molar-refractivity contribution is 0.0969. The summed E-state index contributed by atoms with van der Waals surface area (Å²) in [5, 5.41) is 2.44. The second-order valence-electron chi connectivity index (χ2n) is 5.22. The van der Waals surface area contributed by atoms with Gasteiger partial charge in [0.2, 0.25) is 0 Å². The first kappa shape index (κ1) is 13.0. The molecule has 0 aliphatic rings. The SMILES string of the molecule is O=Cc1ccc2cc(C(=O)n3c4ccc3c(Cl)c4)ccc2c1. The van der Waals surface area contributed by atoms with E-state index in [1.165, 1.54) is 0 Å². The molecule has 0 spiro atoms. The highest BCUT2D eigenvalue weighted by atomic mass is 35.5. The highest BCUT2D eigenvalue weighted by Gasteiger charge is 2.17. The Labute approximate surface area is 131 Å². The number of hydrogen-bond acceptors (Lipinski definition) is 2. The van der Waals surface area contributed by atoms with E-state index in [0.29, 0.717) is 16.1 Å². The maximum absolute atomic E-state index is 12.7. The van der Waals surface area contributed by atoms with Crippen molar-refractivity contribution in [2.24, 2.45) is 0 Å². The lowest BCUT2D eigenvalue weighted by Crippen LogP contribution is -2.10. The summed E-state index contributed by atoms with van der Waals surface area (Å²) in [5.41, 5.74) is 2.72. The maximum atomic E-state index is 12.7. The molecule has 22 heavy (non-hydrogen) atoms. The molecule has 2 aromatic carbocycles. The van der Waals surface area contributed by atoms with Crippen LogP contribution in [0.25, 0.3) is 21.8 Å². The number of rotatable bonds is 2. The van der Waals surface area contributed by atoms with Gasteiger partial charge in [-0.05, 0) is 47.2 Å². The molecule has 3 nitrogen and oxygen atoms in total. The summed E-state index contributed by atoms with van der Waals surface area (Å²) in [6, 6.07) is 16.3. The van der Waals surface area contributed by atoms with Crippen LogP contribution < -0.4 is 0 Å². The van der Waals surface area contributed by atoms with Gasteiger partial charge in [-0.3, -0.25) is 14.2 Å². The first-order chi connectivity index (χ1) is 10.7. The largest absolute Gasteiger partial charge is 0.298 e. The Morgan fingerprint density at radius 2 is 1.73 bits per heavy atom. The molecular weight excluding hydrogens is 298 g/mol. The lowest BCUT2D eigenvalue weighted by atomic mass is 10.0. The van der Waals surface area contributed by atoms with Gasteiger partial charge in [0.25, 0.3) is 5.91 Å². The van der Waals surface area contributed by atoms with Gasteiger partial charge in [0.15, 0.2) is 0 Å². The summed E-state index contributed by atoms with van der Waals surface area (Å²) in [7, 11) is 0. The Hall–Kier alpha value is -2.65. The molecule has 2 bridgehead atoms. The van der Waals surface area contributed by atoms with Crippen molar-refractivity contribution in [2.45, 2.75) is 0 Å². The molecule has 0 aliphatic heterocycles. The van der Waals surface area contributed by atoms with Crippen molar-refractivity contribution in [1.82, 2.24) is 4.57 Å². The molecule has 0 fully saturated rings. The number of fused-ring (bicyclic) bond motifs is 3. The van der Waals surface area contributed by atoms with Gasteiger partial charge in [-0.2, -0.15) is 0 Å². The van der Waals surface area contributed by atoms with Crippen molar-refractivity contribution in [3.05, 3.63) is 70.7 Å². The highest BCUT2D eigenvalue weighted by molar-refractivity contribution is 6.35. The van der Waals surface area contributed by atoms with Crippen LogP contribution in [0.3, 0.4) is 0 Å². The average molecular weight is 308 g/mol. The van der Waals surface area contributed by atoms with Gasteiger partial charge in [0.05, 0.1) is 16.1 Å². The number of hydrogen-bond donors (Lipinski definition) is 0. The molecule has 4 heteroatoms. The Morgan fingerprint density at radius 1 is 0.955 bits per heavy atom. The fourth-order valence-corrected chi connectivity index (χ4v) is 3.04. The number of aromatic nitrogens is 1. The molecule has 0 N–H and O–H groups in total. The van der Waals surface area contributed by atoms with E-state index in [1.54, 1.807) is 28.8 Å². The molecule has 2 aromatic heterocycles. The van der Waals surface area contributed by atoms with Gasteiger partial charge >= 0.3 is 0 Å². The first-order valence-corrected chi connectivity index (χ1v) is 7.18. The molecule has 0 aliphatic carbocycles. The molecule has 0 radical (unpaired) electrons. The topological polar surface area (TPSA) is 39.1 Å². The van der Waals surface area contributed by atoms with Crippen LogP contribution in [0.4, 0.5) is 0 Å². The smallest absolute Gasteiger partial charge is 0.262 e. The van der Waals surface area contributed by atoms with E-state index in [2.05, 4.69) is 0 Å². The highest BCUT2D eigenvalue weighted by Crippen LogP contribution is 2.28. The number of halogens is 1. The number of nitrogens with zero attached hydrogens (tertiary/aromatic N) is 1. The molecule has 106 valence electrons. The monoisotopic (exact) mass is 307 g/mol. The van der Waals surface area contributed by atoms with Gasteiger partial charge in [-0.1, -0.05) is 29.8 Å². The molecule has 4 aromatic rings. The molecule has 0 saturated carbocycles. The third kappa shape index (κ3) is 1.83. The van der Waals surface area contributed by atoms with Crippen molar-refractivity contribution in [3.8, 4) is 0 Å². The zero-order valence-corrected chi connectivity index (χ0v) is 12.2. The number of benzene rings is 3. The third-order valence-electron chi connectivity index (χ3n) is 3.88. The minimum atomic E-state index is -0.108. The Kier molecular flexibility index (Phi) is 2.78. The van der Waals surface area contributed by atoms with Crippen molar-refractivity contribution in [1.29, 1.82) is 0 Å². The van der Waals surface area contributed by atoms with Gasteiger partial charge in [-0.25, -0.2) is 0 Å². The fourth-order valence-electron chi connectivity index (χ4n) is 2.78. The van der Waals surface area contributed by atoms with Crippen molar-refractivity contribution >= 4 is 45.6 Å². The Morgan fingerprint density at radius 3 is 2.41 bits per heavy atom. The van der Waals surface area contributed by atoms with Crippen molar-refractivity contribution in [3.63, 3.8) is 0 Å². The average Bonchev–Trinajstić information content (AvgIpc) is 3.09. The Balaban J connectivity index is 1.84. The van der Waals surface area contributed by atoms with Crippen LogP contribution in [-0.4, -0.2) is 16.8 Å². The van der Waals surface area contributed by atoms with Crippen LogP contribution in [0.5, 0.6) is 0 Å². The van der Waals surface area contributed by atoms with E-state index < -0.39 is 0 Å². The summed E-state index contributed by atoms with van der Waals surface area (Å²) < 4.78 is 1.61. The molecule has 4 rings (SSSR count). The van der Waals surface area contributed by atoms with E-state index in [9.17, 15) is 9.59 Å². The molecule has 0 amide bonds. The van der Waals surface area contributed by atoms with Gasteiger partial charge in [-0.15, -0.1) is 0 Å². The second kappa shape index (κ2) is 4.68. The van der Waals surface area contributed by atoms with E-state index in [1.807, 2.05) is 30.3 Å². The normalized spacial score (nSPS) is 11.3. The predicted molar refractivity (Wildman–Crippen MR) is 87.2 cm³/mol. The minimum absolute atomic E-state index is 0.108. The summed E-state index contributed by atoms with van der Waals surface area (Å²) >= 11 is 6.09. The number of aldehydes is 1. The molecule has 0 saturated heterocycles. The van der Waals surface area contributed by atoms with E-state index in [0.717, 1.165) is 28.1 Å². The van der Waals surface area contributed by atoms with Crippen LogP contribution in [0.2, 0.25) is 5.02 Å². The minimum Gasteiger partial charge on any atom is -0.298 e. The molecule has 0 unspecified atom stereocenters. The number of carbonyl (C=O) groups excluding carboxylic acids is 2. The standard InChI is InChI=1S/C18H10ClNO2/c19-16-9-15-5-6-17(16)20(15)18(22)14-4-3-12-7-11(10-21)1-2-13(12)8-14/h1-10H. The summed E-state index contributed by atoms with van der Waals surface area (Å²) in [4.78, 5) is 23.5. The molecule has 0 atom stereocenters. The maximum Gasteiger partial charge on any atom is 0.262 e. The Bertz CT molecular complexity index is 1030. The van der Waals surface area contributed by atoms with Gasteiger partial charge in [0, 0.05) is 11.1 Å². The van der Waals surface area contributed by atoms with Crippen LogP contribution >= 0.6 is 11.6 Å². The van der Waals surface area contributed by atoms with Crippen LogP contribution in [0.15, 0.2) is 54.6 Å². The number of carbonyl (C=O) groups is 2. The lowest BCUT2D eigenvalue weighted by Gasteiger charge is -2.05. The van der Waals surface area contributed by atoms with Crippen molar-refractivity contribution < 1.29 is 9.59 Å². The van der Waals surface area contributed by atoms with Crippen LogP contribution in [-0.2, 0) is 0 Å². The molecular formula is C18H10ClNO2. The van der Waals surface area contributed by atoms with Crippen LogP contribution in [0.1, 0.15) is 20.7 Å². The third-order valence-corrected chi connectivity index (χ3v) is 4.18. The van der Waals surface area contributed by atoms with Crippen LogP contribution in [0, 0.1) is 0 Å². The summed E-state index contributed by atoms with van der Waals surface area (Å²) in [6.07, 6.45) is 0.813. The zero-order chi connectivity index (χ0) is 15.3. The zero-order valence-electron chi connectivity index (χ0n) is 11.4. The second-order valence-corrected chi connectivity index (χ2v) is 5.62. The van der Waals surface area contributed by atoms with E-state index in [-0.39, 0.29) is 5.91 Å². The predicted octanol–water partition coefficient (Wildman–Crippen LogP) is 4.39. The quantitative estimate of drug-likeness (QED) is 0.515. The van der Waals surface area contributed by atoms with Gasteiger partial charge in [0.1, 0.15) is 6.29 Å². The van der Waals surface area contributed by atoms with Gasteiger partial charge < -0.3 is 0 Å². The summed E-state index contributed by atoms with van der Waals surface area (Å²) in [5.74, 6) is -0.108. The van der Waals surface area contributed by atoms with E-state index in [4.69, 9.17) is 11.6 Å². The fraction of sp³-hybridized carbons (Fsp3) is 0. The van der Waals surface area contributed by atoms with Crippen molar-refractivity contribution in [2.75, 3.05) is 0 Å². The molecule has 2 heterocycles. The first-order valence-electron chi connectivity index (χ1n) is 6.80. The summed E-state index contributed by atoms with van der Waals surface area (Å²) in [6.45, 7) is 0.